The molecule has 1 unspecified atom stereocenters. The van der Waals surface area contributed by atoms with Crippen LogP contribution in [0.25, 0.3) is 0 Å². The van der Waals surface area contributed by atoms with E-state index in [1.165, 1.54) is 38.5 Å². The molecule has 0 radical (unpaired) electrons. The second-order valence-corrected chi connectivity index (χ2v) is 9.94. The molecule has 1 aliphatic heterocycles. The average Bonchev–Trinajstić information content (AvgIpc) is 2.60. The molecule has 5 nitrogen and oxygen atoms in total. The Morgan fingerprint density at radius 2 is 1.62 bits per heavy atom. The van der Waals surface area contributed by atoms with Crippen LogP contribution in [0.4, 0.5) is 4.79 Å². The fourth-order valence-electron chi connectivity index (χ4n) is 6.73. The summed E-state index contributed by atoms with van der Waals surface area (Å²) in [4.78, 5) is 14.9. The van der Waals surface area contributed by atoms with Gasteiger partial charge in [-0.15, -0.1) is 0 Å². The molecule has 2 amide bonds. The summed E-state index contributed by atoms with van der Waals surface area (Å²) >= 11 is 0. The van der Waals surface area contributed by atoms with Crippen LogP contribution in [-0.4, -0.2) is 56.4 Å². The zero-order valence-corrected chi connectivity index (χ0v) is 16.6. The van der Waals surface area contributed by atoms with Crippen molar-refractivity contribution >= 4 is 6.03 Å². The molecule has 4 bridgehead atoms. The monoisotopic (exact) mass is 363 g/mol. The Kier molecular flexibility index (Phi) is 5.47. The summed E-state index contributed by atoms with van der Waals surface area (Å²) < 4.78 is 5.47. The summed E-state index contributed by atoms with van der Waals surface area (Å²) in [5.41, 5.74) is 0.410. The second kappa shape index (κ2) is 7.67. The van der Waals surface area contributed by atoms with E-state index in [1.54, 1.807) is 0 Å². The van der Waals surface area contributed by atoms with Crippen LogP contribution in [0.2, 0.25) is 0 Å². The maximum Gasteiger partial charge on any atom is 0.314 e. The molecule has 0 aromatic rings. The molecular weight excluding hydrogens is 326 g/mol. The first-order chi connectivity index (χ1) is 12.5. The van der Waals surface area contributed by atoms with E-state index in [4.69, 9.17) is 4.74 Å². The molecule has 26 heavy (non-hydrogen) atoms. The molecule has 1 saturated heterocycles. The van der Waals surface area contributed by atoms with Crippen molar-refractivity contribution < 1.29 is 9.53 Å². The number of carbonyl (C=O) groups is 1. The zero-order valence-electron chi connectivity index (χ0n) is 16.6. The fourth-order valence-corrected chi connectivity index (χ4v) is 6.73. The largest absolute Gasteiger partial charge is 0.379 e. The van der Waals surface area contributed by atoms with Gasteiger partial charge in [-0.2, -0.15) is 0 Å². The molecule has 148 valence electrons. The zero-order chi connectivity index (χ0) is 18.1. The van der Waals surface area contributed by atoms with Gasteiger partial charge < -0.3 is 15.4 Å². The van der Waals surface area contributed by atoms with Crippen molar-refractivity contribution in [3.05, 3.63) is 0 Å². The molecule has 0 spiro atoms. The summed E-state index contributed by atoms with van der Waals surface area (Å²) in [5, 5.41) is 6.41. The van der Waals surface area contributed by atoms with Gasteiger partial charge in [-0.25, -0.2) is 4.79 Å². The Hall–Kier alpha value is -0.810. The fraction of sp³-hybridized carbons (Fsp3) is 0.952. The highest BCUT2D eigenvalue weighted by Gasteiger charge is 2.50. The SMILES string of the molecule is CC(C)C(CNC(=O)NCC12CC3CC(CC(C3)C1)C2)N1CCOCC1. The van der Waals surface area contributed by atoms with Crippen molar-refractivity contribution in [1.29, 1.82) is 0 Å². The Labute approximate surface area is 158 Å². The molecule has 0 aromatic heterocycles. The van der Waals surface area contributed by atoms with Crippen LogP contribution in [0.3, 0.4) is 0 Å². The number of urea groups is 1. The van der Waals surface area contributed by atoms with E-state index in [0.29, 0.717) is 17.4 Å². The van der Waals surface area contributed by atoms with Crippen molar-refractivity contribution in [3.8, 4) is 0 Å². The van der Waals surface area contributed by atoms with E-state index in [1.807, 2.05) is 0 Å². The number of hydrogen-bond donors (Lipinski definition) is 2. The summed E-state index contributed by atoms with van der Waals surface area (Å²) in [7, 11) is 0. The van der Waals surface area contributed by atoms with Gasteiger partial charge in [0.15, 0.2) is 0 Å². The molecule has 4 aliphatic carbocycles. The van der Waals surface area contributed by atoms with Gasteiger partial charge in [0.1, 0.15) is 0 Å². The number of ether oxygens (including phenoxy) is 1. The highest BCUT2D eigenvalue weighted by molar-refractivity contribution is 5.73. The third-order valence-electron chi connectivity index (χ3n) is 7.55. The molecule has 4 saturated carbocycles. The smallest absolute Gasteiger partial charge is 0.314 e. The van der Waals surface area contributed by atoms with E-state index in [2.05, 4.69) is 29.4 Å². The molecule has 2 N–H and O–H groups in total. The summed E-state index contributed by atoms with van der Waals surface area (Å²) in [6, 6.07) is 0.420. The quantitative estimate of drug-likeness (QED) is 0.763. The predicted molar refractivity (Wildman–Crippen MR) is 103 cm³/mol. The van der Waals surface area contributed by atoms with Crippen molar-refractivity contribution in [2.45, 2.75) is 58.4 Å². The van der Waals surface area contributed by atoms with E-state index >= 15 is 0 Å². The first-order valence-electron chi connectivity index (χ1n) is 10.9. The number of rotatable bonds is 6. The van der Waals surface area contributed by atoms with Crippen molar-refractivity contribution in [1.82, 2.24) is 15.5 Å². The lowest BCUT2D eigenvalue weighted by atomic mass is 9.49. The molecule has 5 heteroatoms. The van der Waals surface area contributed by atoms with Gasteiger partial charge in [-0.05, 0) is 67.6 Å². The first-order valence-corrected chi connectivity index (χ1v) is 10.9. The van der Waals surface area contributed by atoms with Crippen LogP contribution in [0.5, 0.6) is 0 Å². The molecule has 0 aromatic carbocycles. The van der Waals surface area contributed by atoms with Crippen molar-refractivity contribution in [3.63, 3.8) is 0 Å². The van der Waals surface area contributed by atoms with E-state index in [0.717, 1.165) is 57.1 Å². The lowest BCUT2D eigenvalue weighted by Gasteiger charge is -2.56. The maximum absolute atomic E-state index is 12.5. The van der Waals surface area contributed by atoms with E-state index in [9.17, 15) is 4.79 Å². The van der Waals surface area contributed by atoms with E-state index in [-0.39, 0.29) is 6.03 Å². The number of nitrogens with one attached hydrogen (secondary N) is 2. The topological polar surface area (TPSA) is 53.6 Å². The Balaban J connectivity index is 1.25. The molecule has 5 aliphatic rings. The first kappa shape index (κ1) is 18.5. The van der Waals surface area contributed by atoms with Crippen LogP contribution >= 0.6 is 0 Å². The summed E-state index contributed by atoms with van der Waals surface area (Å²) in [5.74, 6) is 3.35. The van der Waals surface area contributed by atoms with Gasteiger partial charge in [0, 0.05) is 32.2 Å². The number of hydrogen-bond acceptors (Lipinski definition) is 3. The minimum Gasteiger partial charge on any atom is -0.379 e. The Bertz CT molecular complexity index is 466. The molecular formula is C21H37N3O2. The van der Waals surface area contributed by atoms with Crippen LogP contribution in [0.1, 0.15) is 52.4 Å². The second-order valence-electron chi connectivity index (χ2n) is 9.94. The van der Waals surface area contributed by atoms with Gasteiger partial charge >= 0.3 is 6.03 Å². The lowest BCUT2D eigenvalue weighted by molar-refractivity contribution is -0.0498. The number of morpholine rings is 1. The normalized spacial score (nSPS) is 37.7. The third-order valence-corrected chi connectivity index (χ3v) is 7.55. The van der Waals surface area contributed by atoms with E-state index < -0.39 is 0 Å². The van der Waals surface area contributed by atoms with Crippen molar-refractivity contribution in [2.75, 3.05) is 39.4 Å². The van der Waals surface area contributed by atoms with Crippen LogP contribution < -0.4 is 10.6 Å². The number of amides is 2. The van der Waals surface area contributed by atoms with Gasteiger partial charge in [0.05, 0.1) is 13.2 Å². The standard InChI is InChI=1S/C21H37N3O2/c1-15(2)19(24-3-5-26-6-4-24)13-22-20(25)23-14-21-10-16-7-17(11-21)9-18(8-16)12-21/h15-19H,3-14H2,1-2H3,(H2,22,23,25). The minimum atomic E-state index is 0.0275. The van der Waals surface area contributed by atoms with Gasteiger partial charge in [0.25, 0.3) is 0 Å². The van der Waals surface area contributed by atoms with Gasteiger partial charge in [0.2, 0.25) is 0 Å². The predicted octanol–water partition coefficient (Wildman–Crippen LogP) is 2.86. The maximum atomic E-state index is 12.5. The number of nitrogens with zero attached hydrogens (tertiary/aromatic N) is 1. The highest BCUT2D eigenvalue weighted by atomic mass is 16.5. The van der Waals surface area contributed by atoms with Gasteiger partial charge in [-0.1, -0.05) is 13.8 Å². The van der Waals surface area contributed by atoms with Crippen LogP contribution in [0.15, 0.2) is 0 Å². The molecule has 1 atom stereocenters. The average molecular weight is 364 g/mol. The minimum absolute atomic E-state index is 0.0275. The van der Waals surface area contributed by atoms with Gasteiger partial charge in [-0.3, -0.25) is 4.90 Å². The molecule has 5 fully saturated rings. The Morgan fingerprint density at radius 1 is 1.04 bits per heavy atom. The van der Waals surface area contributed by atoms with Crippen LogP contribution in [0, 0.1) is 29.1 Å². The molecule has 1 heterocycles. The summed E-state index contributed by atoms with van der Waals surface area (Å²) in [6.45, 7) is 9.66. The summed E-state index contributed by atoms with van der Waals surface area (Å²) in [6.07, 6.45) is 8.42. The Morgan fingerprint density at radius 3 is 2.15 bits per heavy atom. The molecule has 5 rings (SSSR count). The lowest BCUT2D eigenvalue weighted by Crippen LogP contribution is -2.54. The number of carbonyl (C=O) groups excluding carboxylic acids is 1. The van der Waals surface area contributed by atoms with Crippen LogP contribution in [-0.2, 0) is 4.74 Å². The highest BCUT2D eigenvalue weighted by Crippen LogP contribution is 2.59. The van der Waals surface area contributed by atoms with Crippen molar-refractivity contribution in [2.24, 2.45) is 29.1 Å². The third kappa shape index (κ3) is 4.04.